The van der Waals surface area contributed by atoms with E-state index in [4.69, 9.17) is 4.74 Å². The van der Waals surface area contributed by atoms with E-state index in [9.17, 15) is 18.4 Å². The number of allylic oxidation sites excluding steroid dienone is 1. The second-order valence-corrected chi connectivity index (χ2v) is 4.71. The molecule has 0 spiro atoms. The number of carbonyl (C=O) groups is 2. The number of fused-ring (bicyclic) bond motifs is 1. The molecule has 1 aromatic rings. The highest BCUT2D eigenvalue weighted by molar-refractivity contribution is 5.94. The van der Waals surface area contributed by atoms with Crippen LogP contribution in [-0.2, 0) is 14.3 Å². The summed E-state index contributed by atoms with van der Waals surface area (Å²) in [6, 6.07) is 3.78. The van der Waals surface area contributed by atoms with Gasteiger partial charge in [0.05, 0.1) is 0 Å². The number of esters is 1. The Morgan fingerprint density at radius 2 is 1.95 bits per heavy atom. The second-order valence-electron chi connectivity index (χ2n) is 4.71. The van der Waals surface area contributed by atoms with Crippen LogP contribution in [-0.4, -0.2) is 24.8 Å². The Hall–Kier alpha value is -2.64. The summed E-state index contributed by atoms with van der Waals surface area (Å²) >= 11 is 0. The van der Waals surface area contributed by atoms with Crippen molar-refractivity contribution in [3.05, 3.63) is 29.8 Å². The molecule has 0 bridgehead atoms. The zero-order valence-corrected chi connectivity index (χ0v) is 11.8. The highest BCUT2D eigenvalue weighted by Crippen LogP contribution is 2.42. The van der Waals surface area contributed by atoms with Crippen molar-refractivity contribution in [2.75, 3.05) is 11.9 Å². The fraction of sp³-hybridized carbons (Fsp3) is 0.286. The molecule has 1 aliphatic rings. The predicted octanol–water partition coefficient (Wildman–Crippen LogP) is 2.46. The number of ether oxygens (including phenoxy) is 3. The molecule has 22 heavy (non-hydrogen) atoms. The summed E-state index contributed by atoms with van der Waals surface area (Å²) in [4.78, 5) is 22.8. The minimum Gasteiger partial charge on any atom is -0.452 e. The van der Waals surface area contributed by atoms with Gasteiger partial charge in [-0.3, -0.25) is 4.79 Å². The predicted molar refractivity (Wildman–Crippen MR) is 71.7 cm³/mol. The number of nitrogens with one attached hydrogen (secondary N) is 1. The zero-order valence-electron chi connectivity index (χ0n) is 11.8. The fourth-order valence-electron chi connectivity index (χ4n) is 1.64. The van der Waals surface area contributed by atoms with Crippen molar-refractivity contribution >= 4 is 17.6 Å². The summed E-state index contributed by atoms with van der Waals surface area (Å²) in [5, 5.41) is 2.39. The molecule has 2 rings (SSSR count). The second kappa shape index (κ2) is 6.00. The summed E-state index contributed by atoms with van der Waals surface area (Å²) in [5.41, 5.74) is 0.949. The Labute approximate surface area is 124 Å². The lowest BCUT2D eigenvalue weighted by Crippen LogP contribution is -2.25. The number of amides is 1. The molecule has 0 aliphatic carbocycles. The van der Waals surface area contributed by atoms with Crippen molar-refractivity contribution < 1.29 is 32.6 Å². The zero-order chi connectivity index (χ0) is 16.3. The van der Waals surface area contributed by atoms with Crippen LogP contribution in [0.15, 0.2) is 29.8 Å². The lowest BCUT2D eigenvalue weighted by atomic mass is 10.3. The Morgan fingerprint density at radius 3 is 2.64 bits per heavy atom. The number of anilines is 1. The lowest BCUT2D eigenvalue weighted by Gasteiger charge is -2.06. The molecule has 0 radical (unpaired) electrons. The van der Waals surface area contributed by atoms with Crippen LogP contribution in [0.25, 0.3) is 0 Å². The van der Waals surface area contributed by atoms with Gasteiger partial charge in [0.15, 0.2) is 18.1 Å². The van der Waals surface area contributed by atoms with Gasteiger partial charge in [-0.25, -0.2) is 4.79 Å². The molecule has 1 amide bonds. The molecule has 8 heteroatoms. The van der Waals surface area contributed by atoms with E-state index in [2.05, 4.69) is 14.8 Å². The minimum absolute atomic E-state index is 0.127. The molecular formula is C14H13F2NO5. The average molecular weight is 313 g/mol. The van der Waals surface area contributed by atoms with Crippen LogP contribution in [0.2, 0.25) is 0 Å². The first kappa shape index (κ1) is 15.7. The van der Waals surface area contributed by atoms with Gasteiger partial charge in [0.2, 0.25) is 0 Å². The molecule has 1 heterocycles. The van der Waals surface area contributed by atoms with E-state index in [0.717, 1.165) is 5.57 Å². The van der Waals surface area contributed by atoms with E-state index in [1.165, 1.54) is 24.3 Å². The number of carbonyl (C=O) groups excluding carboxylic acids is 2. The first-order valence-corrected chi connectivity index (χ1v) is 6.26. The maximum atomic E-state index is 12.9. The summed E-state index contributed by atoms with van der Waals surface area (Å²) in [6.07, 6.45) is -2.47. The van der Waals surface area contributed by atoms with Crippen molar-refractivity contribution in [2.24, 2.45) is 0 Å². The first-order chi connectivity index (χ1) is 10.2. The molecule has 1 N–H and O–H groups in total. The third-order valence-corrected chi connectivity index (χ3v) is 2.44. The topological polar surface area (TPSA) is 73.9 Å². The lowest BCUT2D eigenvalue weighted by molar-refractivity contribution is -0.286. The molecule has 6 nitrogen and oxygen atoms in total. The van der Waals surface area contributed by atoms with E-state index in [1.807, 2.05) is 0 Å². The third kappa shape index (κ3) is 4.18. The SMILES string of the molecule is CC(C)=CC(=O)OCC(=O)Nc1ccc2c(c1)OC(F)(F)O2. The quantitative estimate of drug-likeness (QED) is 0.683. The van der Waals surface area contributed by atoms with Crippen molar-refractivity contribution in [1.29, 1.82) is 0 Å². The van der Waals surface area contributed by atoms with Gasteiger partial charge in [-0.1, -0.05) is 5.57 Å². The van der Waals surface area contributed by atoms with Crippen LogP contribution < -0.4 is 14.8 Å². The number of hydrogen-bond donors (Lipinski definition) is 1. The molecule has 0 saturated carbocycles. The highest BCUT2D eigenvalue weighted by atomic mass is 19.3. The van der Waals surface area contributed by atoms with Crippen molar-refractivity contribution in [3.8, 4) is 11.5 Å². The monoisotopic (exact) mass is 313 g/mol. The van der Waals surface area contributed by atoms with Gasteiger partial charge in [0.1, 0.15) is 0 Å². The molecule has 0 unspecified atom stereocenters. The van der Waals surface area contributed by atoms with Gasteiger partial charge in [-0.2, -0.15) is 0 Å². The van der Waals surface area contributed by atoms with Gasteiger partial charge < -0.3 is 19.5 Å². The first-order valence-electron chi connectivity index (χ1n) is 6.26. The molecular weight excluding hydrogens is 300 g/mol. The average Bonchev–Trinajstić information content (AvgIpc) is 2.68. The van der Waals surface area contributed by atoms with E-state index in [0.29, 0.717) is 0 Å². The molecule has 0 aromatic heterocycles. The van der Waals surface area contributed by atoms with Crippen molar-refractivity contribution in [2.45, 2.75) is 20.1 Å². The fourth-order valence-corrected chi connectivity index (χ4v) is 1.64. The summed E-state index contributed by atoms with van der Waals surface area (Å²) in [5.74, 6) is -1.57. The molecule has 0 atom stereocenters. The largest absolute Gasteiger partial charge is 0.586 e. The Balaban J connectivity index is 1.91. The number of benzene rings is 1. The molecule has 118 valence electrons. The summed E-state index contributed by atoms with van der Waals surface area (Å²) in [6.45, 7) is 2.93. The summed E-state index contributed by atoms with van der Waals surface area (Å²) in [7, 11) is 0. The Bertz CT molecular complexity index is 638. The van der Waals surface area contributed by atoms with Gasteiger partial charge >= 0.3 is 12.3 Å². The minimum atomic E-state index is -3.72. The Morgan fingerprint density at radius 1 is 1.27 bits per heavy atom. The van der Waals surface area contributed by atoms with E-state index >= 15 is 0 Å². The van der Waals surface area contributed by atoms with Gasteiger partial charge in [-0.15, -0.1) is 8.78 Å². The van der Waals surface area contributed by atoms with Crippen LogP contribution in [0.3, 0.4) is 0 Å². The van der Waals surface area contributed by atoms with Crippen LogP contribution in [0.5, 0.6) is 11.5 Å². The molecule has 0 fully saturated rings. The van der Waals surface area contributed by atoms with Gasteiger partial charge in [0, 0.05) is 17.8 Å². The number of alkyl halides is 2. The standard InChI is InChI=1S/C14H13F2NO5/c1-8(2)5-13(19)20-7-12(18)17-9-3-4-10-11(6-9)22-14(15,16)21-10/h3-6H,7H2,1-2H3,(H,17,18). The van der Waals surface area contributed by atoms with E-state index in [1.54, 1.807) is 13.8 Å². The highest BCUT2D eigenvalue weighted by Gasteiger charge is 2.43. The van der Waals surface area contributed by atoms with E-state index < -0.39 is 24.8 Å². The molecule has 1 aliphatic heterocycles. The normalized spacial score (nSPS) is 14.2. The smallest absolute Gasteiger partial charge is 0.452 e. The third-order valence-electron chi connectivity index (χ3n) is 2.44. The number of hydrogen-bond acceptors (Lipinski definition) is 5. The van der Waals surface area contributed by atoms with Crippen LogP contribution in [0.1, 0.15) is 13.8 Å². The van der Waals surface area contributed by atoms with E-state index in [-0.39, 0.29) is 17.2 Å². The number of rotatable bonds is 4. The van der Waals surface area contributed by atoms with Gasteiger partial charge in [-0.05, 0) is 26.0 Å². The van der Waals surface area contributed by atoms with Crippen LogP contribution in [0, 0.1) is 0 Å². The van der Waals surface area contributed by atoms with Crippen LogP contribution >= 0.6 is 0 Å². The maximum Gasteiger partial charge on any atom is 0.586 e. The molecule has 0 saturated heterocycles. The number of halogens is 2. The van der Waals surface area contributed by atoms with Gasteiger partial charge in [0.25, 0.3) is 5.91 Å². The maximum absolute atomic E-state index is 12.9. The van der Waals surface area contributed by atoms with Crippen molar-refractivity contribution in [3.63, 3.8) is 0 Å². The summed E-state index contributed by atoms with van der Waals surface area (Å²) < 4.78 is 38.9. The Kier molecular flexibility index (Phi) is 4.30. The van der Waals surface area contributed by atoms with Crippen molar-refractivity contribution in [1.82, 2.24) is 0 Å². The van der Waals surface area contributed by atoms with Crippen LogP contribution in [0.4, 0.5) is 14.5 Å². The molecule has 1 aromatic carbocycles.